The Hall–Kier alpha value is -0.350. The first-order chi connectivity index (χ1) is 6.65. The number of carbonyl (C=O) groups is 1. The van der Waals surface area contributed by atoms with Crippen LogP contribution in [0.5, 0.6) is 0 Å². The number of nitrogens with two attached hydrogens (primary N) is 1. The quantitative estimate of drug-likeness (QED) is 0.736. The summed E-state index contributed by atoms with van der Waals surface area (Å²) < 4.78 is 0. The summed E-state index contributed by atoms with van der Waals surface area (Å²) in [7, 11) is 0. The minimum atomic E-state index is -1.18. The topological polar surface area (TPSA) is 63.3 Å². The first-order valence-corrected chi connectivity index (χ1v) is 4.73. The predicted molar refractivity (Wildman–Crippen MR) is 58.4 cm³/mol. The van der Waals surface area contributed by atoms with Crippen molar-refractivity contribution in [2.24, 2.45) is 11.7 Å². The normalized spacial score (nSPS) is 18.7. The minimum Gasteiger partial charge on any atom is -0.480 e. The van der Waals surface area contributed by atoms with Crippen LogP contribution in [0.2, 0.25) is 0 Å². The Bertz CT molecular complexity index is 351. The van der Waals surface area contributed by atoms with Gasteiger partial charge in [0, 0.05) is 29.6 Å². The van der Waals surface area contributed by atoms with E-state index in [2.05, 4.69) is 0 Å². The Morgan fingerprint density at radius 2 is 1.87 bits per heavy atom. The molecule has 1 unspecified atom stereocenters. The molecule has 1 fully saturated rings. The van der Waals surface area contributed by atoms with Crippen molar-refractivity contribution in [3.05, 3.63) is 35.9 Å². The van der Waals surface area contributed by atoms with E-state index >= 15 is 0 Å². The van der Waals surface area contributed by atoms with Gasteiger partial charge in [0.15, 0.2) is 0 Å². The number of rotatable bonds is 3. The monoisotopic (exact) mass is 214 g/mol. The summed E-state index contributed by atoms with van der Waals surface area (Å²) in [5.74, 6) is -0.825. The van der Waals surface area contributed by atoms with Crippen LogP contribution in [-0.2, 0) is 10.3 Å². The van der Waals surface area contributed by atoms with Gasteiger partial charge in [-0.2, -0.15) is 0 Å². The molecule has 1 aliphatic rings. The Labute approximate surface area is 111 Å². The molecule has 3 N–H and O–H groups in total. The zero-order chi connectivity index (χ0) is 10.2. The summed E-state index contributed by atoms with van der Waals surface area (Å²) >= 11 is 0. The first-order valence-electron chi connectivity index (χ1n) is 4.73. The average molecular weight is 214 g/mol. The van der Waals surface area contributed by atoms with Crippen LogP contribution >= 0.6 is 0 Å². The number of aliphatic carboxylic acids is 1. The first kappa shape index (κ1) is 12.7. The van der Waals surface area contributed by atoms with Crippen molar-refractivity contribution in [2.75, 3.05) is 0 Å². The molecule has 15 heavy (non-hydrogen) atoms. The maximum Gasteiger partial charge on any atom is 0.328 e. The maximum absolute atomic E-state index is 11.2. The molecule has 2 rings (SSSR count). The van der Waals surface area contributed by atoms with Crippen LogP contribution in [0.3, 0.4) is 0 Å². The second-order valence-electron chi connectivity index (χ2n) is 3.81. The third-order valence-electron chi connectivity index (χ3n) is 2.83. The third kappa shape index (κ3) is 2.26. The molecule has 3 nitrogen and oxygen atoms in total. The minimum absolute atomic E-state index is 0. The molecule has 0 aliphatic heterocycles. The molecule has 1 aliphatic carbocycles. The van der Waals surface area contributed by atoms with Crippen molar-refractivity contribution in [1.82, 2.24) is 0 Å². The summed E-state index contributed by atoms with van der Waals surface area (Å²) in [6.45, 7) is 0. The van der Waals surface area contributed by atoms with E-state index < -0.39 is 11.5 Å². The van der Waals surface area contributed by atoms with Gasteiger partial charge in [0.1, 0.15) is 5.54 Å². The van der Waals surface area contributed by atoms with Gasteiger partial charge in [0.2, 0.25) is 0 Å². The third-order valence-corrected chi connectivity index (χ3v) is 2.83. The van der Waals surface area contributed by atoms with Crippen LogP contribution in [0.1, 0.15) is 18.4 Å². The number of carboxylic acids is 1. The smallest absolute Gasteiger partial charge is 0.328 e. The van der Waals surface area contributed by atoms with Crippen molar-refractivity contribution in [3.8, 4) is 0 Å². The van der Waals surface area contributed by atoms with Gasteiger partial charge in [-0.1, -0.05) is 30.3 Å². The number of benzene rings is 1. The van der Waals surface area contributed by atoms with E-state index in [0.717, 1.165) is 12.8 Å². The van der Waals surface area contributed by atoms with Crippen molar-refractivity contribution in [3.63, 3.8) is 0 Å². The number of hydrogen-bond donors (Lipinski definition) is 2. The molecule has 0 heterocycles. The fourth-order valence-electron chi connectivity index (χ4n) is 1.79. The zero-order valence-corrected chi connectivity index (χ0v) is 10.8. The Morgan fingerprint density at radius 3 is 2.27 bits per heavy atom. The standard InChI is InChI=1S/C11H13NO2.Na/c12-11(10(13)14,9-6-7-9)8-4-2-1-3-5-8;/h1-5,9H,6-7,12H2,(H,13,14);. The van der Waals surface area contributed by atoms with Gasteiger partial charge in [0.05, 0.1) is 0 Å². The van der Waals surface area contributed by atoms with Gasteiger partial charge < -0.3 is 10.8 Å². The Morgan fingerprint density at radius 1 is 1.33 bits per heavy atom. The molecule has 1 aromatic carbocycles. The summed E-state index contributed by atoms with van der Waals surface area (Å²) in [4.78, 5) is 11.2. The van der Waals surface area contributed by atoms with Gasteiger partial charge in [-0.3, -0.25) is 0 Å². The van der Waals surface area contributed by atoms with Crippen molar-refractivity contribution < 1.29 is 9.90 Å². The molecule has 0 aromatic heterocycles. The van der Waals surface area contributed by atoms with E-state index in [9.17, 15) is 9.90 Å². The SMILES string of the molecule is NC(C(=O)O)(c1ccccc1)C1CC1.[Na]. The summed E-state index contributed by atoms with van der Waals surface area (Å²) in [5.41, 5.74) is 5.49. The van der Waals surface area contributed by atoms with E-state index in [0.29, 0.717) is 5.56 Å². The van der Waals surface area contributed by atoms with Gasteiger partial charge in [-0.25, -0.2) is 4.79 Å². The predicted octanol–water partition coefficient (Wildman–Crippen LogP) is 0.954. The van der Waals surface area contributed by atoms with E-state index in [-0.39, 0.29) is 35.5 Å². The van der Waals surface area contributed by atoms with E-state index in [1.54, 1.807) is 12.1 Å². The van der Waals surface area contributed by atoms with Crippen LogP contribution in [0.15, 0.2) is 30.3 Å². The van der Waals surface area contributed by atoms with Crippen LogP contribution < -0.4 is 5.73 Å². The van der Waals surface area contributed by atoms with Crippen LogP contribution in [0.25, 0.3) is 0 Å². The fraction of sp³-hybridized carbons (Fsp3) is 0.364. The maximum atomic E-state index is 11.2. The molecule has 4 heteroatoms. The molecule has 0 amide bonds. The average Bonchev–Trinajstić information content (AvgIpc) is 3.01. The second-order valence-corrected chi connectivity index (χ2v) is 3.81. The zero-order valence-electron chi connectivity index (χ0n) is 8.81. The molecule has 0 saturated heterocycles. The van der Waals surface area contributed by atoms with Crippen molar-refractivity contribution >= 4 is 35.5 Å². The molecule has 0 bridgehead atoms. The van der Waals surface area contributed by atoms with E-state index in [1.165, 1.54) is 0 Å². The Kier molecular flexibility index (Phi) is 3.95. The molecule has 1 radical (unpaired) electrons. The molecule has 0 spiro atoms. The number of carboxylic acid groups (broad SMARTS) is 1. The largest absolute Gasteiger partial charge is 0.480 e. The fourth-order valence-corrected chi connectivity index (χ4v) is 1.79. The van der Waals surface area contributed by atoms with Gasteiger partial charge in [0.25, 0.3) is 0 Å². The number of hydrogen-bond acceptors (Lipinski definition) is 2. The summed E-state index contributed by atoms with van der Waals surface area (Å²) in [6, 6.07) is 9.07. The second kappa shape index (κ2) is 4.66. The molecule has 1 aromatic rings. The molecular formula is C11H13NNaO2. The molecule has 75 valence electrons. The van der Waals surface area contributed by atoms with Crippen molar-refractivity contribution in [2.45, 2.75) is 18.4 Å². The summed E-state index contributed by atoms with van der Waals surface area (Å²) in [6.07, 6.45) is 1.83. The van der Waals surface area contributed by atoms with Gasteiger partial charge in [-0.05, 0) is 24.3 Å². The Balaban J connectivity index is 0.00000112. The van der Waals surface area contributed by atoms with Crippen LogP contribution in [-0.4, -0.2) is 40.6 Å². The van der Waals surface area contributed by atoms with Gasteiger partial charge >= 0.3 is 5.97 Å². The summed E-state index contributed by atoms with van der Waals surface area (Å²) in [5, 5.41) is 9.17. The molecule has 1 atom stereocenters. The van der Waals surface area contributed by atoms with Crippen LogP contribution in [0, 0.1) is 5.92 Å². The van der Waals surface area contributed by atoms with Crippen LogP contribution in [0.4, 0.5) is 0 Å². The van der Waals surface area contributed by atoms with E-state index in [4.69, 9.17) is 5.73 Å². The van der Waals surface area contributed by atoms with E-state index in [1.807, 2.05) is 18.2 Å². The van der Waals surface area contributed by atoms with Gasteiger partial charge in [-0.15, -0.1) is 0 Å². The molecular weight excluding hydrogens is 201 g/mol. The van der Waals surface area contributed by atoms with Crippen molar-refractivity contribution in [1.29, 1.82) is 0 Å². The molecule has 1 saturated carbocycles.